The van der Waals surface area contributed by atoms with Crippen molar-refractivity contribution in [2.45, 2.75) is 32.6 Å². The third-order valence-electron chi connectivity index (χ3n) is 4.67. The smallest absolute Gasteiger partial charge is 0.294 e. The molecule has 0 saturated heterocycles. The first-order valence-electron chi connectivity index (χ1n) is 8.63. The molecule has 1 aliphatic rings. The Morgan fingerprint density at radius 3 is 2.70 bits per heavy atom. The monoisotopic (exact) mass is 368 g/mol. The number of aromatic nitrogens is 1. The van der Waals surface area contributed by atoms with E-state index in [4.69, 9.17) is 0 Å². The van der Waals surface area contributed by atoms with Gasteiger partial charge in [-0.1, -0.05) is 6.92 Å². The van der Waals surface area contributed by atoms with Crippen LogP contribution in [0.15, 0.2) is 36.7 Å². The lowest BCUT2D eigenvalue weighted by Crippen LogP contribution is -2.36. The minimum Gasteiger partial charge on any atom is -0.316 e. The molecule has 8 heteroatoms. The molecule has 2 heterocycles. The van der Waals surface area contributed by atoms with Crippen LogP contribution in [0.5, 0.6) is 0 Å². The number of carbonyl (C=O) groups is 2. The maximum absolute atomic E-state index is 12.8. The number of nitrogens with zero attached hydrogens (tertiary/aromatic N) is 3. The molecule has 1 N–H and O–H groups in total. The molecule has 0 aliphatic carbocycles. The van der Waals surface area contributed by atoms with Crippen molar-refractivity contribution in [3.8, 4) is 0 Å². The molecule has 2 aromatic rings. The highest BCUT2D eigenvalue weighted by molar-refractivity contribution is 6.10. The lowest BCUT2D eigenvalue weighted by atomic mass is 9.85. The van der Waals surface area contributed by atoms with Crippen molar-refractivity contribution in [3.63, 3.8) is 0 Å². The number of carbonyl (C=O) groups excluding carboxylic acids is 2. The van der Waals surface area contributed by atoms with Gasteiger partial charge in [-0.15, -0.1) is 0 Å². The highest BCUT2D eigenvalue weighted by atomic mass is 16.6. The molecule has 0 atom stereocenters. The zero-order chi connectivity index (χ0) is 19.8. The van der Waals surface area contributed by atoms with E-state index in [2.05, 4.69) is 10.3 Å². The zero-order valence-electron chi connectivity index (χ0n) is 15.4. The number of nitro benzene ring substituents is 1. The Morgan fingerprint density at radius 1 is 1.37 bits per heavy atom. The summed E-state index contributed by atoms with van der Waals surface area (Å²) < 4.78 is 0. The Balaban J connectivity index is 2.08. The molecule has 0 fully saturated rings. The van der Waals surface area contributed by atoms with Crippen molar-refractivity contribution >= 4 is 28.9 Å². The summed E-state index contributed by atoms with van der Waals surface area (Å²) in [5.41, 5.74) is 0.457. The van der Waals surface area contributed by atoms with Crippen LogP contribution in [-0.4, -0.2) is 28.3 Å². The van der Waals surface area contributed by atoms with E-state index in [0.29, 0.717) is 17.8 Å². The van der Waals surface area contributed by atoms with Gasteiger partial charge >= 0.3 is 0 Å². The number of amides is 2. The Bertz CT molecular complexity index is 925. The lowest BCUT2D eigenvalue weighted by Gasteiger charge is -2.19. The van der Waals surface area contributed by atoms with Crippen molar-refractivity contribution in [1.82, 2.24) is 4.98 Å². The highest BCUT2D eigenvalue weighted by Gasteiger charge is 2.45. The molecule has 27 heavy (non-hydrogen) atoms. The molecule has 1 aromatic heterocycles. The van der Waals surface area contributed by atoms with Gasteiger partial charge < -0.3 is 10.2 Å². The minimum absolute atomic E-state index is 0.0619. The van der Waals surface area contributed by atoms with E-state index in [1.807, 2.05) is 6.92 Å². The van der Waals surface area contributed by atoms with E-state index in [9.17, 15) is 19.7 Å². The molecule has 0 spiro atoms. The average molecular weight is 368 g/mol. The number of pyridine rings is 1. The van der Waals surface area contributed by atoms with E-state index >= 15 is 0 Å². The molecular weight excluding hydrogens is 348 g/mol. The average Bonchev–Trinajstić information content (AvgIpc) is 2.82. The number of hydrogen-bond acceptors (Lipinski definition) is 5. The van der Waals surface area contributed by atoms with Crippen LogP contribution in [0.3, 0.4) is 0 Å². The van der Waals surface area contributed by atoms with Crippen LogP contribution in [0.4, 0.5) is 17.1 Å². The maximum Gasteiger partial charge on any atom is 0.294 e. The van der Waals surface area contributed by atoms with E-state index in [-0.39, 0.29) is 22.8 Å². The Morgan fingerprint density at radius 2 is 2.11 bits per heavy atom. The summed E-state index contributed by atoms with van der Waals surface area (Å²) in [7, 11) is 0. The maximum atomic E-state index is 12.8. The van der Waals surface area contributed by atoms with Gasteiger partial charge in [-0.2, -0.15) is 0 Å². The van der Waals surface area contributed by atoms with Gasteiger partial charge in [0, 0.05) is 25.0 Å². The number of anilines is 2. The van der Waals surface area contributed by atoms with Gasteiger partial charge in [0.05, 0.1) is 21.6 Å². The summed E-state index contributed by atoms with van der Waals surface area (Å²) in [4.78, 5) is 41.7. The second-order valence-electron chi connectivity index (χ2n) is 6.92. The third-order valence-corrected chi connectivity index (χ3v) is 4.67. The summed E-state index contributed by atoms with van der Waals surface area (Å²) in [5.74, 6) is -0.608. The van der Waals surface area contributed by atoms with Crippen molar-refractivity contribution in [1.29, 1.82) is 0 Å². The fourth-order valence-corrected chi connectivity index (χ4v) is 3.25. The largest absolute Gasteiger partial charge is 0.316 e. The van der Waals surface area contributed by atoms with Gasteiger partial charge in [-0.05, 0) is 44.0 Å². The lowest BCUT2D eigenvalue weighted by molar-refractivity contribution is -0.383. The van der Waals surface area contributed by atoms with Crippen molar-refractivity contribution in [2.24, 2.45) is 0 Å². The predicted octanol–water partition coefficient (Wildman–Crippen LogP) is 3.28. The number of nitro groups is 1. The van der Waals surface area contributed by atoms with E-state index in [0.717, 1.165) is 6.42 Å². The second-order valence-corrected chi connectivity index (χ2v) is 6.92. The molecule has 0 saturated carbocycles. The molecule has 140 valence electrons. The fraction of sp³-hybridized carbons (Fsp3) is 0.316. The second kappa shape index (κ2) is 6.79. The van der Waals surface area contributed by atoms with Crippen molar-refractivity contribution in [3.05, 3.63) is 57.9 Å². The summed E-state index contributed by atoms with van der Waals surface area (Å²) >= 11 is 0. The number of hydrogen-bond donors (Lipinski definition) is 1. The fourth-order valence-electron chi connectivity index (χ4n) is 3.25. The minimum atomic E-state index is -0.826. The molecule has 3 rings (SSSR count). The molecule has 8 nitrogen and oxygen atoms in total. The number of fused-ring (bicyclic) bond motifs is 1. The van der Waals surface area contributed by atoms with Crippen LogP contribution in [-0.2, 0) is 10.2 Å². The van der Waals surface area contributed by atoms with Gasteiger partial charge in [0.25, 0.3) is 11.6 Å². The first kappa shape index (κ1) is 18.5. The zero-order valence-corrected chi connectivity index (χ0v) is 15.4. The van der Waals surface area contributed by atoms with Crippen LogP contribution in [0.25, 0.3) is 0 Å². The quantitative estimate of drug-likeness (QED) is 0.644. The summed E-state index contributed by atoms with van der Waals surface area (Å²) in [5, 5.41) is 14.2. The van der Waals surface area contributed by atoms with E-state index in [1.54, 1.807) is 30.9 Å². The normalized spacial score (nSPS) is 14.8. The van der Waals surface area contributed by atoms with E-state index in [1.165, 1.54) is 24.5 Å². The Hall–Kier alpha value is -3.29. The molecule has 0 bridgehead atoms. The first-order valence-corrected chi connectivity index (χ1v) is 8.63. The van der Waals surface area contributed by atoms with Gasteiger partial charge in [0.15, 0.2) is 0 Å². The Labute approximate surface area is 156 Å². The van der Waals surface area contributed by atoms with Crippen LogP contribution < -0.4 is 10.2 Å². The summed E-state index contributed by atoms with van der Waals surface area (Å²) in [6.45, 7) is 5.98. The van der Waals surface area contributed by atoms with Crippen LogP contribution in [0.1, 0.15) is 43.1 Å². The molecule has 1 aromatic carbocycles. The third kappa shape index (κ3) is 3.14. The standard InChI is InChI=1S/C19H20N4O4/c1-4-8-22-15-10-16(23(26)27)14(9-13(15)19(2,3)18(22)25)21-17(24)12-6-5-7-20-11-12/h5-7,9-11H,4,8H2,1-3H3,(H,21,24). The van der Waals surface area contributed by atoms with Crippen molar-refractivity contribution < 1.29 is 14.5 Å². The Kier molecular flexibility index (Phi) is 4.65. The highest BCUT2D eigenvalue weighted by Crippen LogP contribution is 2.46. The predicted molar refractivity (Wildman–Crippen MR) is 101 cm³/mol. The summed E-state index contributed by atoms with van der Waals surface area (Å²) in [6.07, 6.45) is 3.64. The molecule has 0 radical (unpaired) electrons. The van der Waals surface area contributed by atoms with Gasteiger partial charge in [0.2, 0.25) is 5.91 Å². The molecule has 1 aliphatic heterocycles. The first-order chi connectivity index (χ1) is 12.8. The van der Waals surface area contributed by atoms with Crippen LogP contribution in [0, 0.1) is 10.1 Å². The summed E-state index contributed by atoms with van der Waals surface area (Å²) in [6, 6.07) is 6.08. The molecular formula is C19H20N4O4. The van der Waals surface area contributed by atoms with Gasteiger partial charge in [0.1, 0.15) is 5.69 Å². The van der Waals surface area contributed by atoms with Gasteiger partial charge in [-0.25, -0.2) is 0 Å². The molecule has 0 unspecified atom stereocenters. The molecule has 2 amide bonds. The van der Waals surface area contributed by atoms with Crippen LogP contribution >= 0.6 is 0 Å². The van der Waals surface area contributed by atoms with Gasteiger partial charge in [-0.3, -0.25) is 24.7 Å². The topological polar surface area (TPSA) is 105 Å². The number of rotatable bonds is 5. The number of benzene rings is 1. The van der Waals surface area contributed by atoms with Crippen molar-refractivity contribution in [2.75, 3.05) is 16.8 Å². The van der Waals surface area contributed by atoms with Crippen LogP contribution in [0.2, 0.25) is 0 Å². The van der Waals surface area contributed by atoms with E-state index < -0.39 is 16.2 Å². The number of nitrogens with one attached hydrogen (secondary N) is 1. The SMILES string of the molecule is CCCN1C(=O)C(C)(C)c2cc(NC(=O)c3cccnc3)c([N+](=O)[O-])cc21.